The molecule has 3 N–H and O–H groups in total. The van der Waals surface area contributed by atoms with Crippen LogP contribution in [0.1, 0.15) is 53.6 Å². The molecule has 0 bridgehead atoms. The van der Waals surface area contributed by atoms with Gasteiger partial charge >= 0.3 is 0 Å². The Morgan fingerprint density at radius 1 is 0.882 bits per heavy atom. The van der Waals surface area contributed by atoms with Crippen molar-refractivity contribution >= 4 is 29.1 Å². The molecule has 0 saturated heterocycles. The normalized spacial score (nSPS) is 10.6. The molecule has 0 aliphatic carbocycles. The van der Waals surface area contributed by atoms with Crippen molar-refractivity contribution in [2.45, 2.75) is 46.0 Å². The summed E-state index contributed by atoms with van der Waals surface area (Å²) in [7, 11) is 0. The molecule has 34 heavy (non-hydrogen) atoms. The maximum atomic E-state index is 12.5. The Morgan fingerprint density at radius 3 is 2.18 bits per heavy atom. The number of hydrogen-bond donors (Lipinski definition) is 3. The van der Waals surface area contributed by atoms with E-state index in [-0.39, 0.29) is 11.8 Å². The number of amides is 2. The zero-order chi connectivity index (χ0) is 24.3. The van der Waals surface area contributed by atoms with Crippen molar-refractivity contribution in [3.05, 3.63) is 77.6 Å². The van der Waals surface area contributed by atoms with E-state index in [1.54, 1.807) is 17.9 Å². The molecule has 8 nitrogen and oxygen atoms in total. The van der Waals surface area contributed by atoms with E-state index in [1.807, 2.05) is 35.2 Å². The number of hydroxylamine groups is 1. The van der Waals surface area contributed by atoms with E-state index in [0.29, 0.717) is 30.9 Å². The average molecular weight is 462 g/mol. The molecule has 3 rings (SSSR count). The van der Waals surface area contributed by atoms with Crippen molar-refractivity contribution in [1.82, 2.24) is 20.8 Å². The van der Waals surface area contributed by atoms with Gasteiger partial charge in [-0.25, -0.2) is 15.4 Å². The van der Waals surface area contributed by atoms with E-state index in [0.717, 1.165) is 41.8 Å². The number of rotatable bonds is 11. The van der Waals surface area contributed by atoms with Crippen LogP contribution in [0.3, 0.4) is 0 Å². The van der Waals surface area contributed by atoms with E-state index in [2.05, 4.69) is 47.3 Å². The van der Waals surface area contributed by atoms with Crippen LogP contribution in [0.5, 0.6) is 0 Å². The number of anilines is 3. The monoisotopic (exact) mass is 461 g/mol. The predicted octanol–water partition coefficient (Wildman–Crippen LogP) is 4.75. The van der Waals surface area contributed by atoms with Crippen molar-refractivity contribution in [1.29, 1.82) is 0 Å². The standard InChI is InChI=1S/C26H31N5O3/c1-19-14-20(2)16-23(15-19)31(22-10-6-5-7-11-22)26-28-17-21(18-29-26)25(33)27-13-9-4-3-8-12-24(32)30-34/h5-7,10-11,14-18,34H,3-4,8-9,12-13H2,1-2H3,(H,27,33)(H,30,32). The summed E-state index contributed by atoms with van der Waals surface area (Å²) in [6.07, 6.45) is 6.64. The average Bonchev–Trinajstić information content (AvgIpc) is 2.84. The molecule has 0 aliphatic heterocycles. The first-order chi connectivity index (χ1) is 16.5. The fourth-order valence-corrected chi connectivity index (χ4v) is 3.71. The predicted molar refractivity (Wildman–Crippen MR) is 132 cm³/mol. The highest BCUT2D eigenvalue weighted by Crippen LogP contribution is 2.32. The second-order valence-electron chi connectivity index (χ2n) is 8.24. The number of nitrogens with zero attached hydrogens (tertiary/aromatic N) is 3. The van der Waals surface area contributed by atoms with Crippen LogP contribution in [0, 0.1) is 13.8 Å². The summed E-state index contributed by atoms with van der Waals surface area (Å²) in [4.78, 5) is 34.4. The van der Waals surface area contributed by atoms with E-state index in [9.17, 15) is 9.59 Å². The van der Waals surface area contributed by atoms with Gasteiger partial charge in [0.05, 0.1) is 5.56 Å². The van der Waals surface area contributed by atoms with Gasteiger partial charge in [0.25, 0.3) is 5.91 Å². The lowest BCUT2D eigenvalue weighted by Gasteiger charge is -2.24. The molecule has 178 valence electrons. The van der Waals surface area contributed by atoms with Crippen LogP contribution in [0.25, 0.3) is 0 Å². The summed E-state index contributed by atoms with van der Waals surface area (Å²) in [5.74, 6) is -0.108. The largest absolute Gasteiger partial charge is 0.352 e. The third-order valence-corrected chi connectivity index (χ3v) is 5.32. The van der Waals surface area contributed by atoms with Crippen LogP contribution in [0.4, 0.5) is 17.3 Å². The molecular formula is C26H31N5O3. The first kappa shape index (κ1) is 24.9. The van der Waals surface area contributed by atoms with Crippen molar-refractivity contribution in [2.75, 3.05) is 11.4 Å². The molecule has 0 unspecified atom stereocenters. The van der Waals surface area contributed by atoms with E-state index >= 15 is 0 Å². The van der Waals surface area contributed by atoms with Gasteiger partial charge in [0, 0.05) is 36.7 Å². The molecule has 0 radical (unpaired) electrons. The number of nitrogens with one attached hydrogen (secondary N) is 2. The van der Waals surface area contributed by atoms with Crippen molar-refractivity contribution in [2.24, 2.45) is 0 Å². The zero-order valence-electron chi connectivity index (χ0n) is 19.6. The molecule has 3 aromatic rings. The number of benzene rings is 2. The highest BCUT2D eigenvalue weighted by atomic mass is 16.5. The summed E-state index contributed by atoms with van der Waals surface area (Å²) in [5.41, 5.74) is 6.20. The van der Waals surface area contributed by atoms with Crippen molar-refractivity contribution in [3.63, 3.8) is 0 Å². The Morgan fingerprint density at radius 2 is 1.53 bits per heavy atom. The minimum absolute atomic E-state index is 0.219. The van der Waals surface area contributed by atoms with Gasteiger partial charge < -0.3 is 5.32 Å². The Kier molecular flexibility index (Phi) is 9.11. The fraction of sp³-hybridized carbons (Fsp3) is 0.308. The minimum Gasteiger partial charge on any atom is -0.352 e. The SMILES string of the molecule is Cc1cc(C)cc(N(c2ccccc2)c2ncc(C(=O)NCCCCCCC(=O)NO)cn2)c1. The summed E-state index contributed by atoms with van der Waals surface area (Å²) in [5, 5.41) is 11.4. The third-order valence-electron chi connectivity index (χ3n) is 5.32. The number of unbranched alkanes of at least 4 members (excludes halogenated alkanes) is 3. The van der Waals surface area contributed by atoms with Gasteiger partial charge in [0.1, 0.15) is 0 Å². The summed E-state index contributed by atoms with van der Waals surface area (Å²) in [6, 6.07) is 16.2. The maximum absolute atomic E-state index is 12.5. The highest BCUT2D eigenvalue weighted by Gasteiger charge is 2.16. The Bertz CT molecular complexity index is 1070. The van der Waals surface area contributed by atoms with Crippen LogP contribution in [0.15, 0.2) is 60.9 Å². The molecular weight excluding hydrogens is 430 g/mol. The Labute approximate surface area is 200 Å². The summed E-state index contributed by atoms with van der Waals surface area (Å²) in [6.45, 7) is 4.64. The minimum atomic E-state index is -0.375. The smallest absolute Gasteiger partial charge is 0.254 e. The van der Waals surface area contributed by atoms with Gasteiger partial charge in [-0.15, -0.1) is 0 Å². The summed E-state index contributed by atoms with van der Waals surface area (Å²) < 4.78 is 0. The first-order valence-electron chi connectivity index (χ1n) is 11.4. The van der Waals surface area contributed by atoms with Crippen molar-refractivity contribution in [3.8, 4) is 0 Å². The molecule has 0 aliphatic rings. The molecule has 0 atom stereocenters. The number of para-hydroxylation sites is 1. The number of aryl methyl sites for hydroxylation is 2. The first-order valence-corrected chi connectivity index (χ1v) is 11.4. The lowest BCUT2D eigenvalue weighted by molar-refractivity contribution is -0.129. The molecule has 1 heterocycles. The lowest BCUT2D eigenvalue weighted by atomic mass is 10.1. The Balaban J connectivity index is 1.63. The van der Waals surface area contributed by atoms with Gasteiger partial charge in [-0.3, -0.25) is 19.7 Å². The molecule has 1 aromatic heterocycles. The Hall–Kier alpha value is -3.78. The fourth-order valence-electron chi connectivity index (χ4n) is 3.71. The van der Waals surface area contributed by atoms with Crippen LogP contribution >= 0.6 is 0 Å². The molecule has 8 heteroatoms. The molecule has 0 saturated carbocycles. The van der Waals surface area contributed by atoms with E-state index in [4.69, 9.17) is 5.21 Å². The molecule has 0 fully saturated rings. The van der Waals surface area contributed by atoms with Gasteiger partial charge in [0.2, 0.25) is 11.9 Å². The number of hydrogen-bond acceptors (Lipinski definition) is 6. The maximum Gasteiger partial charge on any atom is 0.254 e. The number of carbonyl (C=O) groups excluding carboxylic acids is 2. The second-order valence-corrected chi connectivity index (χ2v) is 8.24. The summed E-state index contributed by atoms with van der Waals surface area (Å²) >= 11 is 0. The topological polar surface area (TPSA) is 107 Å². The van der Waals surface area contributed by atoms with E-state index < -0.39 is 0 Å². The van der Waals surface area contributed by atoms with Crippen LogP contribution in [0.2, 0.25) is 0 Å². The molecule has 2 aromatic carbocycles. The lowest BCUT2D eigenvalue weighted by Crippen LogP contribution is -2.25. The van der Waals surface area contributed by atoms with Gasteiger partial charge in [-0.2, -0.15) is 0 Å². The van der Waals surface area contributed by atoms with E-state index in [1.165, 1.54) is 0 Å². The second kappa shape index (κ2) is 12.5. The zero-order valence-corrected chi connectivity index (χ0v) is 19.6. The highest BCUT2D eigenvalue weighted by molar-refractivity contribution is 5.93. The van der Waals surface area contributed by atoms with Gasteiger partial charge in [-0.1, -0.05) is 37.1 Å². The number of aromatic nitrogens is 2. The third kappa shape index (κ3) is 7.11. The van der Waals surface area contributed by atoms with Gasteiger partial charge in [0.15, 0.2) is 0 Å². The van der Waals surface area contributed by atoms with Crippen molar-refractivity contribution < 1.29 is 14.8 Å². The van der Waals surface area contributed by atoms with Crippen LogP contribution < -0.4 is 15.7 Å². The van der Waals surface area contributed by atoms with Crippen LogP contribution in [-0.2, 0) is 4.79 Å². The molecule has 0 spiro atoms. The van der Waals surface area contributed by atoms with Gasteiger partial charge in [-0.05, 0) is 62.1 Å². The quantitative estimate of drug-likeness (QED) is 0.216. The van der Waals surface area contributed by atoms with Crippen LogP contribution in [-0.4, -0.2) is 33.5 Å². The molecule has 2 amide bonds. The number of carbonyl (C=O) groups is 2.